The van der Waals surface area contributed by atoms with E-state index < -0.39 is 0 Å². The fraction of sp³-hybridized carbons (Fsp3) is 0.286. The molecule has 0 fully saturated rings. The summed E-state index contributed by atoms with van der Waals surface area (Å²) in [5.41, 5.74) is 13.3. The van der Waals surface area contributed by atoms with E-state index in [-0.39, 0.29) is 5.54 Å². The number of hydrogen-bond acceptors (Lipinski definition) is 6. The molecule has 0 aliphatic heterocycles. The summed E-state index contributed by atoms with van der Waals surface area (Å²) in [6.45, 7) is 6.09. The zero-order chi connectivity index (χ0) is 15.5. The van der Waals surface area contributed by atoms with Gasteiger partial charge in [0.2, 0.25) is 0 Å². The molecule has 0 saturated heterocycles. The van der Waals surface area contributed by atoms with E-state index in [4.69, 9.17) is 17.3 Å². The van der Waals surface area contributed by atoms with E-state index in [1.807, 2.05) is 32.9 Å². The number of aromatic nitrogens is 2. The molecule has 0 aliphatic carbocycles. The van der Waals surface area contributed by atoms with Crippen LogP contribution < -0.4 is 21.9 Å². The first-order valence-corrected chi connectivity index (χ1v) is 6.89. The standard InChI is InChI=1S/C14H19ClN6/c1-14(2,3)21-20-13-11(16)12(17-8-18-13)19-10-6-4-5-9(15)7-10/h4-8,21H,16H2,1-3H3,(H2,17,18,19,20). The Kier molecular flexibility index (Phi) is 4.50. The molecule has 1 heterocycles. The van der Waals surface area contributed by atoms with Crippen molar-refractivity contribution >= 4 is 34.6 Å². The van der Waals surface area contributed by atoms with Crippen molar-refractivity contribution < 1.29 is 0 Å². The number of hydrazine groups is 1. The lowest BCUT2D eigenvalue weighted by Gasteiger charge is -2.22. The molecule has 0 aliphatic rings. The fourth-order valence-corrected chi connectivity index (χ4v) is 1.73. The lowest BCUT2D eigenvalue weighted by molar-refractivity contribution is 0.464. The maximum atomic E-state index is 6.08. The predicted molar refractivity (Wildman–Crippen MR) is 87.7 cm³/mol. The topological polar surface area (TPSA) is 87.9 Å². The van der Waals surface area contributed by atoms with Gasteiger partial charge in [-0.25, -0.2) is 15.4 Å². The number of benzene rings is 1. The lowest BCUT2D eigenvalue weighted by atomic mass is 10.1. The van der Waals surface area contributed by atoms with Crippen LogP contribution in [0.5, 0.6) is 0 Å². The molecule has 0 unspecified atom stereocenters. The minimum absolute atomic E-state index is 0.113. The smallest absolute Gasteiger partial charge is 0.169 e. The summed E-state index contributed by atoms with van der Waals surface area (Å²) in [6.07, 6.45) is 1.44. The van der Waals surface area contributed by atoms with Crippen molar-refractivity contribution in [3.8, 4) is 0 Å². The zero-order valence-corrected chi connectivity index (χ0v) is 13.0. The number of nitrogens with zero attached hydrogens (tertiary/aromatic N) is 2. The van der Waals surface area contributed by atoms with Gasteiger partial charge in [0.05, 0.1) is 0 Å². The molecule has 0 atom stereocenters. The second-order valence-corrected chi connectivity index (χ2v) is 6.06. The fourth-order valence-electron chi connectivity index (χ4n) is 1.54. The van der Waals surface area contributed by atoms with E-state index in [9.17, 15) is 0 Å². The summed E-state index contributed by atoms with van der Waals surface area (Å²) in [5, 5.41) is 3.76. The van der Waals surface area contributed by atoms with Crippen LogP contribution in [0.3, 0.4) is 0 Å². The van der Waals surface area contributed by atoms with Crippen LogP contribution in [0, 0.1) is 0 Å². The van der Waals surface area contributed by atoms with Crippen molar-refractivity contribution in [3.63, 3.8) is 0 Å². The van der Waals surface area contributed by atoms with E-state index in [0.29, 0.717) is 22.3 Å². The van der Waals surface area contributed by atoms with Crippen LogP contribution >= 0.6 is 11.6 Å². The third-order valence-electron chi connectivity index (χ3n) is 2.53. The Bertz CT molecular complexity index is 623. The second kappa shape index (κ2) is 6.15. The van der Waals surface area contributed by atoms with E-state index in [1.54, 1.807) is 12.1 Å². The highest BCUT2D eigenvalue weighted by Gasteiger charge is 2.12. The largest absolute Gasteiger partial charge is 0.393 e. The van der Waals surface area contributed by atoms with Gasteiger partial charge >= 0.3 is 0 Å². The van der Waals surface area contributed by atoms with Crippen molar-refractivity contribution in [1.29, 1.82) is 0 Å². The molecule has 6 nitrogen and oxygen atoms in total. The average molecular weight is 307 g/mol. The number of nitrogens with one attached hydrogen (secondary N) is 3. The van der Waals surface area contributed by atoms with Crippen molar-refractivity contribution in [2.45, 2.75) is 26.3 Å². The summed E-state index contributed by atoms with van der Waals surface area (Å²) < 4.78 is 0. The summed E-state index contributed by atoms with van der Waals surface area (Å²) in [7, 11) is 0. The van der Waals surface area contributed by atoms with Crippen LogP contribution in [0.25, 0.3) is 0 Å². The van der Waals surface area contributed by atoms with Gasteiger partial charge in [0.25, 0.3) is 0 Å². The monoisotopic (exact) mass is 306 g/mol. The Morgan fingerprint density at radius 2 is 1.86 bits per heavy atom. The van der Waals surface area contributed by atoms with Gasteiger partial charge in [0, 0.05) is 16.2 Å². The van der Waals surface area contributed by atoms with Crippen LogP contribution in [0.1, 0.15) is 20.8 Å². The van der Waals surface area contributed by atoms with Crippen LogP contribution in [-0.4, -0.2) is 15.5 Å². The molecular weight excluding hydrogens is 288 g/mol. The van der Waals surface area contributed by atoms with Crippen molar-refractivity contribution in [1.82, 2.24) is 15.4 Å². The number of halogens is 1. The molecule has 0 bridgehead atoms. The Balaban J connectivity index is 2.17. The molecule has 2 rings (SSSR count). The Hall–Kier alpha value is -2.05. The van der Waals surface area contributed by atoms with Gasteiger partial charge in [0.15, 0.2) is 11.6 Å². The summed E-state index contributed by atoms with van der Waals surface area (Å²) >= 11 is 5.96. The van der Waals surface area contributed by atoms with Gasteiger partial charge in [-0.05, 0) is 39.0 Å². The van der Waals surface area contributed by atoms with Crippen molar-refractivity contribution in [2.24, 2.45) is 0 Å². The van der Waals surface area contributed by atoms with Gasteiger partial charge in [-0.2, -0.15) is 0 Å². The molecule has 0 radical (unpaired) electrons. The van der Waals surface area contributed by atoms with Crippen LogP contribution in [-0.2, 0) is 0 Å². The van der Waals surface area contributed by atoms with E-state index in [0.717, 1.165) is 5.69 Å². The Morgan fingerprint density at radius 3 is 2.52 bits per heavy atom. The number of anilines is 4. The quantitative estimate of drug-likeness (QED) is 0.649. The predicted octanol–water partition coefficient (Wildman–Crippen LogP) is 3.17. The number of rotatable bonds is 4. The van der Waals surface area contributed by atoms with Crippen molar-refractivity contribution in [3.05, 3.63) is 35.6 Å². The molecule has 112 valence electrons. The van der Waals surface area contributed by atoms with E-state index in [2.05, 4.69) is 26.1 Å². The zero-order valence-electron chi connectivity index (χ0n) is 12.2. The van der Waals surface area contributed by atoms with E-state index >= 15 is 0 Å². The van der Waals surface area contributed by atoms with Crippen LogP contribution in [0.2, 0.25) is 5.02 Å². The first-order chi connectivity index (χ1) is 9.85. The van der Waals surface area contributed by atoms with Gasteiger partial charge in [0.1, 0.15) is 12.0 Å². The Labute approximate surface area is 129 Å². The van der Waals surface area contributed by atoms with Gasteiger partial charge in [-0.3, -0.25) is 0 Å². The maximum Gasteiger partial charge on any atom is 0.169 e. The van der Waals surface area contributed by atoms with Crippen LogP contribution in [0.4, 0.5) is 23.0 Å². The highest BCUT2D eigenvalue weighted by molar-refractivity contribution is 6.30. The molecule has 0 spiro atoms. The maximum absolute atomic E-state index is 6.08. The first kappa shape index (κ1) is 15.3. The molecule has 1 aromatic carbocycles. The SMILES string of the molecule is CC(C)(C)NNc1ncnc(Nc2cccc(Cl)c2)c1N. The molecule has 5 N–H and O–H groups in total. The number of hydrogen-bond donors (Lipinski definition) is 4. The highest BCUT2D eigenvalue weighted by Crippen LogP contribution is 2.26. The molecule has 21 heavy (non-hydrogen) atoms. The third kappa shape index (κ3) is 4.47. The molecule has 2 aromatic rings. The average Bonchev–Trinajstić information content (AvgIpc) is 2.39. The molecule has 7 heteroatoms. The summed E-state index contributed by atoms with van der Waals surface area (Å²) in [6, 6.07) is 7.33. The molecule has 1 aromatic heterocycles. The molecule has 0 amide bonds. The highest BCUT2D eigenvalue weighted by atomic mass is 35.5. The summed E-state index contributed by atoms with van der Waals surface area (Å²) in [5.74, 6) is 1.04. The third-order valence-corrected chi connectivity index (χ3v) is 2.76. The first-order valence-electron chi connectivity index (χ1n) is 6.51. The minimum Gasteiger partial charge on any atom is -0.393 e. The Morgan fingerprint density at radius 1 is 1.14 bits per heavy atom. The van der Waals surface area contributed by atoms with Gasteiger partial charge < -0.3 is 16.5 Å². The van der Waals surface area contributed by atoms with Crippen LogP contribution in [0.15, 0.2) is 30.6 Å². The lowest BCUT2D eigenvalue weighted by Crippen LogP contribution is -2.40. The van der Waals surface area contributed by atoms with Gasteiger partial charge in [-0.1, -0.05) is 17.7 Å². The normalized spacial score (nSPS) is 11.2. The number of nitrogens with two attached hydrogens (primary N) is 1. The van der Waals surface area contributed by atoms with Gasteiger partial charge in [-0.15, -0.1) is 0 Å². The summed E-state index contributed by atoms with van der Waals surface area (Å²) in [4.78, 5) is 8.28. The second-order valence-electron chi connectivity index (χ2n) is 5.62. The molecule has 0 saturated carbocycles. The minimum atomic E-state index is -0.113. The van der Waals surface area contributed by atoms with Crippen molar-refractivity contribution in [2.75, 3.05) is 16.5 Å². The number of nitrogen functional groups attached to an aromatic ring is 1. The molecular formula is C14H19ClN6. The van der Waals surface area contributed by atoms with E-state index in [1.165, 1.54) is 6.33 Å².